The summed E-state index contributed by atoms with van der Waals surface area (Å²) in [6.45, 7) is 4.18. The second-order valence-electron chi connectivity index (χ2n) is 3.15. The first-order valence-electron chi connectivity index (χ1n) is 4.45. The Morgan fingerprint density at radius 3 is 2.83 bits per heavy atom. The zero-order valence-electron chi connectivity index (χ0n) is 7.80. The standard InChI is InChI=1S/C10H16N2/c1-3-4-5-10-9(11)6-8(2)7-12-10/h6-7H,3-5,11H2,1-2H3. The molecule has 0 saturated carbocycles. The summed E-state index contributed by atoms with van der Waals surface area (Å²) in [7, 11) is 0. The van der Waals surface area contributed by atoms with E-state index in [-0.39, 0.29) is 0 Å². The Bertz CT molecular complexity index is 256. The Hall–Kier alpha value is -1.05. The minimum Gasteiger partial charge on any atom is -0.397 e. The molecule has 1 aromatic heterocycles. The van der Waals surface area contributed by atoms with E-state index in [1.54, 1.807) is 0 Å². The van der Waals surface area contributed by atoms with Crippen LogP contribution >= 0.6 is 0 Å². The molecule has 1 rings (SSSR count). The highest BCUT2D eigenvalue weighted by Gasteiger charge is 1.99. The van der Waals surface area contributed by atoms with E-state index in [1.807, 2.05) is 19.2 Å². The number of rotatable bonds is 3. The molecule has 0 radical (unpaired) electrons. The number of nitrogens with two attached hydrogens (primary N) is 1. The SMILES string of the molecule is CCCCc1ncc(C)cc1N. The summed E-state index contributed by atoms with van der Waals surface area (Å²) in [5.74, 6) is 0. The summed E-state index contributed by atoms with van der Waals surface area (Å²) in [6.07, 6.45) is 5.24. The quantitative estimate of drug-likeness (QED) is 0.744. The van der Waals surface area contributed by atoms with Gasteiger partial charge in [-0.15, -0.1) is 0 Å². The van der Waals surface area contributed by atoms with Gasteiger partial charge in [-0.3, -0.25) is 4.98 Å². The van der Waals surface area contributed by atoms with Crippen molar-refractivity contribution >= 4 is 5.69 Å². The Balaban J connectivity index is 2.72. The third-order valence-electron chi connectivity index (χ3n) is 1.91. The fraction of sp³-hybridized carbons (Fsp3) is 0.500. The van der Waals surface area contributed by atoms with Gasteiger partial charge in [-0.25, -0.2) is 0 Å². The predicted molar refractivity (Wildman–Crippen MR) is 52.0 cm³/mol. The molecule has 0 aromatic carbocycles. The van der Waals surface area contributed by atoms with Crippen LogP contribution in [0, 0.1) is 6.92 Å². The molecule has 0 aliphatic rings. The van der Waals surface area contributed by atoms with Crippen molar-refractivity contribution in [3.05, 3.63) is 23.5 Å². The number of pyridine rings is 1. The Morgan fingerprint density at radius 1 is 1.50 bits per heavy atom. The topological polar surface area (TPSA) is 38.9 Å². The number of nitrogen functional groups attached to an aromatic ring is 1. The van der Waals surface area contributed by atoms with Crippen LogP contribution in [0.3, 0.4) is 0 Å². The van der Waals surface area contributed by atoms with Crippen LogP contribution in [0.25, 0.3) is 0 Å². The van der Waals surface area contributed by atoms with Gasteiger partial charge in [0.1, 0.15) is 0 Å². The van der Waals surface area contributed by atoms with E-state index in [1.165, 1.54) is 12.8 Å². The molecule has 2 nitrogen and oxygen atoms in total. The first-order valence-corrected chi connectivity index (χ1v) is 4.45. The van der Waals surface area contributed by atoms with Crippen LogP contribution in [0.5, 0.6) is 0 Å². The maximum absolute atomic E-state index is 5.80. The lowest BCUT2D eigenvalue weighted by atomic mass is 10.1. The third kappa shape index (κ3) is 2.22. The van der Waals surface area contributed by atoms with E-state index in [2.05, 4.69) is 11.9 Å². The molecule has 0 aliphatic heterocycles. The normalized spacial score (nSPS) is 10.2. The first-order chi connectivity index (χ1) is 5.74. The van der Waals surface area contributed by atoms with Crippen LogP contribution in [-0.2, 0) is 6.42 Å². The minimum absolute atomic E-state index is 0.837. The van der Waals surface area contributed by atoms with Crippen molar-refractivity contribution in [2.45, 2.75) is 33.1 Å². The Kier molecular flexibility index (Phi) is 3.09. The van der Waals surface area contributed by atoms with Crippen LogP contribution in [0.15, 0.2) is 12.3 Å². The second-order valence-corrected chi connectivity index (χ2v) is 3.15. The molecule has 0 saturated heterocycles. The highest BCUT2D eigenvalue weighted by atomic mass is 14.7. The molecular weight excluding hydrogens is 148 g/mol. The molecule has 0 unspecified atom stereocenters. The number of aryl methyl sites for hydroxylation is 2. The maximum Gasteiger partial charge on any atom is 0.0632 e. The molecule has 2 N–H and O–H groups in total. The number of hydrogen-bond donors (Lipinski definition) is 1. The summed E-state index contributed by atoms with van der Waals surface area (Å²) in [4.78, 5) is 4.29. The van der Waals surface area contributed by atoms with Crippen molar-refractivity contribution in [1.29, 1.82) is 0 Å². The van der Waals surface area contributed by atoms with Crippen LogP contribution < -0.4 is 5.73 Å². The van der Waals surface area contributed by atoms with E-state index in [0.29, 0.717) is 0 Å². The zero-order chi connectivity index (χ0) is 8.97. The van der Waals surface area contributed by atoms with Gasteiger partial charge >= 0.3 is 0 Å². The number of unbranched alkanes of at least 4 members (excludes halogenated alkanes) is 1. The number of anilines is 1. The van der Waals surface area contributed by atoms with Crippen molar-refractivity contribution in [2.24, 2.45) is 0 Å². The molecule has 0 atom stereocenters. The van der Waals surface area contributed by atoms with Crippen molar-refractivity contribution in [1.82, 2.24) is 4.98 Å². The van der Waals surface area contributed by atoms with Crippen LogP contribution in [0.4, 0.5) is 5.69 Å². The summed E-state index contributed by atoms with van der Waals surface area (Å²) in [5, 5.41) is 0. The van der Waals surface area contributed by atoms with Gasteiger partial charge < -0.3 is 5.73 Å². The maximum atomic E-state index is 5.80. The highest BCUT2D eigenvalue weighted by Crippen LogP contribution is 2.12. The summed E-state index contributed by atoms with van der Waals surface area (Å²) < 4.78 is 0. The molecule has 66 valence electrons. The van der Waals surface area contributed by atoms with Crippen molar-refractivity contribution in [2.75, 3.05) is 5.73 Å². The molecule has 0 fully saturated rings. The van der Waals surface area contributed by atoms with Crippen molar-refractivity contribution in [3.8, 4) is 0 Å². The molecule has 1 heterocycles. The van der Waals surface area contributed by atoms with Crippen LogP contribution in [0.2, 0.25) is 0 Å². The van der Waals surface area contributed by atoms with Crippen LogP contribution in [-0.4, -0.2) is 4.98 Å². The van der Waals surface area contributed by atoms with Crippen molar-refractivity contribution in [3.63, 3.8) is 0 Å². The van der Waals surface area contributed by atoms with Gasteiger partial charge in [-0.1, -0.05) is 13.3 Å². The lowest BCUT2D eigenvalue weighted by Gasteiger charge is -2.03. The monoisotopic (exact) mass is 164 g/mol. The smallest absolute Gasteiger partial charge is 0.0632 e. The lowest BCUT2D eigenvalue weighted by molar-refractivity contribution is 0.778. The summed E-state index contributed by atoms with van der Waals surface area (Å²) in [6, 6.07) is 1.98. The number of nitrogens with zero attached hydrogens (tertiary/aromatic N) is 1. The molecule has 2 heteroatoms. The third-order valence-corrected chi connectivity index (χ3v) is 1.91. The van der Waals surface area contributed by atoms with Gasteiger partial charge in [0.05, 0.1) is 11.4 Å². The second kappa shape index (κ2) is 4.10. The Labute approximate surface area is 73.8 Å². The van der Waals surface area contributed by atoms with Gasteiger partial charge in [0.15, 0.2) is 0 Å². The van der Waals surface area contributed by atoms with E-state index in [0.717, 1.165) is 23.4 Å². The fourth-order valence-electron chi connectivity index (χ4n) is 1.17. The van der Waals surface area contributed by atoms with Gasteiger partial charge in [0.2, 0.25) is 0 Å². The lowest BCUT2D eigenvalue weighted by Crippen LogP contribution is -1.98. The predicted octanol–water partition coefficient (Wildman–Crippen LogP) is 2.31. The number of hydrogen-bond acceptors (Lipinski definition) is 2. The number of aromatic nitrogens is 1. The van der Waals surface area contributed by atoms with E-state index >= 15 is 0 Å². The largest absolute Gasteiger partial charge is 0.397 e. The van der Waals surface area contributed by atoms with Gasteiger partial charge in [0.25, 0.3) is 0 Å². The first kappa shape index (κ1) is 9.04. The molecule has 1 aromatic rings. The molecule has 12 heavy (non-hydrogen) atoms. The van der Waals surface area contributed by atoms with Crippen molar-refractivity contribution < 1.29 is 0 Å². The minimum atomic E-state index is 0.837. The molecule has 0 aliphatic carbocycles. The van der Waals surface area contributed by atoms with Gasteiger partial charge in [0, 0.05) is 6.20 Å². The zero-order valence-corrected chi connectivity index (χ0v) is 7.80. The highest BCUT2D eigenvalue weighted by molar-refractivity contribution is 5.44. The fourth-order valence-corrected chi connectivity index (χ4v) is 1.17. The summed E-state index contributed by atoms with van der Waals surface area (Å²) in [5.41, 5.74) is 8.81. The Morgan fingerprint density at radius 2 is 2.25 bits per heavy atom. The molecule has 0 spiro atoms. The van der Waals surface area contributed by atoms with E-state index < -0.39 is 0 Å². The van der Waals surface area contributed by atoms with Crippen LogP contribution in [0.1, 0.15) is 31.0 Å². The van der Waals surface area contributed by atoms with Gasteiger partial charge in [-0.05, 0) is 31.4 Å². The van der Waals surface area contributed by atoms with E-state index in [9.17, 15) is 0 Å². The average Bonchev–Trinajstić information content (AvgIpc) is 2.03. The molecule has 0 bridgehead atoms. The molecule has 0 amide bonds. The molecular formula is C10H16N2. The average molecular weight is 164 g/mol. The summed E-state index contributed by atoms with van der Waals surface area (Å²) >= 11 is 0. The van der Waals surface area contributed by atoms with E-state index in [4.69, 9.17) is 5.73 Å². The van der Waals surface area contributed by atoms with Gasteiger partial charge in [-0.2, -0.15) is 0 Å².